The van der Waals surface area contributed by atoms with E-state index < -0.39 is 0 Å². The average Bonchev–Trinajstić information content (AvgIpc) is 2.13. The summed E-state index contributed by atoms with van der Waals surface area (Å²) in [4.78, 5) is 0. The highest BCUT2D eigenvalue weighted by molar-refractivity contribution is 5.10. The molecule has 2 nitrogen and oxygen atoms in total. The van der Waals surface area contributed by atoms with E-state index in [1.54, 1.807) is 0 Å². The molecular formula is C7H13NO. The Morgan fingerprint density at radius 2 is 2.56 bits per heavy atom. The largest absolute Gasteiger partial charge is 0.395 e. The van der Waals surface area contributed by atoms with Crippen LogP contribution in [0.1, 0.15) is 13.3 Å². The van der Waals surface area contributed by atoms with Crippen LogP contribution in [-0.4, -0.2) is 17.8 Å². The summed E-state index contributed by atoms with van der Waals surface area (Å²) in [6, 6.07) is 0.155. The molecule has 0 aromatic carbocycles. The Balaban J connectivity index is 2.57. The summed E-state index contributed by atoms with van der Waals surface area (Å²) in [5.74, 6) is 0. The van der Waals surface area contributed by atoms with Crippen molar-refractivity contribution in [2.45, 2.75) is 19.4 Å². The lowest BCUT2D eigenvalue weighted by Gasteiger charge is -2.18. The van der Waals surface area contributed by atoms with Crippen molar-refractivity contribution in [2.75, 3.05) is 6.61 Å². The van der Waals surface area contributed by atoms with Gasteiger partial charge >= 0.3 is 0 Å². The minimum atomic E-state index is -0.0422. The van der Waals surface area contributed by atoms with Crippen molar-refractivity contribution in [3.05, 3.63) is 12.2 Å². The fourth-order valence-corrected chi connectivity index (χ4v) is 1.15. The van der Waals surface area contributed by atoms with Crippen LogP contribution in [-0.2, 0) is 0 Å². The summed E-state index contributed by atoms with van der Waals surface area (Å²) in [6.07, 6.45) is 4.83. The number of hydrogen-bond acceptors (Lipinski definition) is 2. The SMILES string of the molecule is C[C@]1(CO)C=C[C@@H](N)C1. The molecule has 0 aromatic heterocycles. The van der Waals surface area contributed by atoms with Gasteiger partial charge in [-0.3, -0.25) is 0 Å². The Bertz CT molecular complexity index is 133. The van der Waals surface area contributed by atoms with Gasteiger partial charge in [0.25, 0.3) is 0 Å². The number of aliphatic hydroxyl groups is 1. The van der Waals surface area contributed by atoms with Crippen LogP contribution in [0.15, 0.2) is 12.2 Å². The zero-order valence-corrected chi connectivity index (χ0v) is 5.67. The molecule has 2 heteroatoms. The van der Waals surface area contributed by atoms with Crippen LogP contribution in [0.25, 0.3) is 0 Å². The molecule has 1 aliphatic carbocycles. The Labute approximate surface area is 55.4 Å². The van der Waals surface area contributed by atoms with Gasteiger partial charge in [-0.05, 0) is 6.42 Å². The quantitative estimate of drug-likeness (QED) is 0.497. The predicted octanol–water partition coefficient (Wildman–Crippen LogP) is 0.272. The lowest BCUT2D eigenvalue weighted by Crippen LogP contribution is -2.23. The van der Waals surface area contributed by atoms with E-state index in [9.17, 15) is 0 Å². The van der Waals surface area contributed by atoms with E-state index in [4.69, 9.17) is 10.8 Å². The van der Waals surface area contributed by atoms with Crippen molar-refractivity contribution >= 4 is 0 Å². The Morgan fingerprint density at radius 1 is 1.89 bits per heavy atom. The zero-order chi connectivity index (χ0) is 6.91. The van der Waals surface area contributed by atoms with Crippen LogP contribution in [0, 0.1) is 5.41 Å². The molecule has 0 saturated heterocycles. The molecule has 0 amide bonds. The van der Waals surface area contributed by atoms with Gasteiger partial charge in [0.05, 0.1) is 6.61 Å². The molecule has 0 aliphatic heterocycles. The lowest BCUT2D eigenvalue weighted by atomic mass is 9.91. The smallest absolute Gasteiger partial charge is 0.0520 e. The topological polar surface area (TPSA) is 46.2 Å². The predicted molar refractivity (Wildman–Crippen MR) is 36.9 cm³/mol. The van der Waals surface area contributed by atoms with E-state index in [1.807, 2.05) is 19.1 Å². The van der Waals surface area contributed by atoms with Gasteiger partial charge in [-0.1, -0.05) is 19.1 Å². The monoisotopic (exact) mass is 127 g/mol. The van der Waals surface area contributed by atoms with Gasteiger partial charge in [0, 0.05) is 11.5 Å². The van der Waals surface area contributed by atoms with Crippen molar-refractivity contribution in [3.8, 4) is 0 Å². The second-order valence-corrected chi connectivity index (χ2v) is 3.04. The van der Waals surface area contributed by atoms with Gasteiger partial charge in [-0.15, -0.1) is 0 Å². The summed E-state index contributed by atoms with van der Waals surface area (Å²) >= 11 is 0. The standard InChI is InChI=1S/C7H13NO/c1-7(5-9)3-2-6(8)4-7/h2-3,6,9H,4-5,8H2,1H3/t6-,7+/m1/s1. The molecule has 0 fully saturated rings. The van der Waals surface area contributed by atoms with Crippen molar-refractivity contribution in [1.82, 2.24) is 0 Å². The molecule has 0 radical (unpaired) electrons. The summed E-state index contributed by atoms with van der Waals surface area (Å²) in [5, 5.41) is 8.84. The first-order valence-corrected chi connectivity index (χ1v) is 3.22. The van der Waals surface area contributed by atoms with E-state index in [1.165, 1.54) is 0 Å². The molecule has 2 atom stereocenters. The molecule has 0 heterocycles. The summed E-state index contributed by atoms with van der Waals surface area (Å²) in [5.41, 5.74) is 5.55. The average molecular weight is 127 g/mol. The highest BCUT2D eigenvalue weighted by Crippen LogP contribution is 2.29. The van der Waals surface area contributed by atoms with Crippen LogP contribution in [0.3, 0.4) is 0 Å². The van der Waals surface area contributed by atoms with Crippen LogP contribution in [0.5, 0.6) is 0 Å². The molecule has 3 N–H and O–H groups in total. The molecule has 52 valence electrons. The maximum absolute atomic E-state index is 8.84. The Hall–Kier alpha value is -0.340. The normalized spacial score (nSPS) is 41.9. The van der Waals surface area contributed by atoms with E-state index in [-0.39, 0.29) is 18.1 Å². The van der Waals surface area contributed by atoms with Gasteiger partial charge in [0.1, 0.15) is 0 Å². The molecule has 1 rings (SSSR count). The fraction of sp³-hybridized carbons (Fsp3) is 0.714. The molecular weight excluding hydrogens is 114 g/mol. The summed E-state index contributed by atoms with van der Waals surface area (Å²) in [6.45, 7) is 2.22. The summed E-state index contributed by atoms with van der Waals surface area (Å²) < 4.78 is 0. The Kier molecular flexibility index (Phi) is 1.60. The van der Waals surface area contributed by atoms with Gasteiger partial charge in [-0.25, -0.2) is 0 Å². The van der Waals surface area contributed by atoms with E-state index in [0.717, 1.165) is 6.42 Å². The highest BCUT2D eigenvalue weighted by atomic mass is 16.3. The maximum atomic E-state index is 8.84. The first-order chi connectivity index (χ1) is 4.16. The fourth-order valence-electron chi connectivity index (χ4n) is 1.15. The lowest BCUT2D eigenvalue weighted by molar-refractivity contribution is 0.180. The van der Waals surface area contributed by atoms with Crippen LogP contribution < -0.4 is 5.73 Å². The van der Waals surface area contributed by atoms with Crippen molar-refractivity contribution < 1.29 is 5.11 Å². The number of hydrogen-bond donors (Lipinski definition) is 2. The second-order valence-electron chi connectivity index (χ2n) is 3.04. The molecule has 0 spiro atoms. The highest BCUT2D eigenvalue weighted by Gasteiger charge is 2.26. The Morgan fingerprint density at radius 3 is 2.78 bits per heavy atom. The molecule has 0 bridgehead atoms. The third kappa shape index (κ3) is 1.32. The van der Waals surface area contributed by atoms with E-state index in [2.05, 4.69) is 0 Å². The second kappa shape index (κ2) is 2.12. The van der Waals surface area contributed by atoms with Gasteiger partial charge in [-0.2, -0.15) is 0 Å². The van der Waals surface area contributed by atoms with E-state index >= 15 is 0 Å². The maximum Gasteiger partial charge on any atom is 0.0520 e. The molecule has 0 unspecified atom stereocenters. The first kappa shape index (κ1) is 6.78. The van der Waals surface area contributed by atoms with Crippen molar-refractivity contribution in [3.63, 3.8) is 0 Å². The number of rotatable bonds is 1. The summed E-state index contributed by atoms with van der Waals surface area (Å²) in [7, 11) is 0. The third-order valence-electron chi connectivity index (χ3n) is 1.81. The third-order valence-corrected chi connectivity index (χ3v) is 1.81. The molecule has 0 aromatic rings. The van der Waals surface area contributed by atoms with Crippen LogP contribution >= 0.6 is 0 Å². The van der Waals surface area contributed by atoms with Crippen LogP contribution in [0.2, 0.25) is 0 Å². The van der Waals surface area contributed by atoms with Crippen molar-refractivity contribution in [1.29, 1.82) is 0 Å². The first-order valence-electron chi connectivity index (χ1n) is 3.22. The van der Waals surface area contributed by atoms with Gasteiger partial charge in [0.15, 0.2) is 0 Å². The number of nitrogens with two attached hydrogens (primary N) is 1. The van der Waals surface area contributed by atoms with Gasteiger partial charge in [0.2, 0.25) is 0 Å². The van der Waals surface area contributed by atoms with Gasteiger partial charge < -0.3 is 10.8 Å². The van der Waals surface area contributed by atoms with Crippen LogP contribution in [0.4, 0.5) is 0 Å². The molecule has 9 heavy (non-hydrogen) atoms. The minimum Gasteiger partial charge on any atom is -0.395 e. The number of aliphatic hydroxyl groups excluding tert-OH is 1. The van der Waals surface area contributed by atoms with E-state index in [0.29, 0.717) is 0 Å². The molecule has 1 aliphatic rings. The molecule has 0 saturated carbocycles. The minimum absolute atomic E-state index is 0.0422. The van der Waals surface area contributed by atoms with Crippen molar-refractivity contribution in [2.24, 2.45) is 11.1 Å². The zero-order valence-electron chi connectivity index (χ0n) is 5.67.